The van der Waals surface area contributed by atoms with Crippen LogP contribution in [0.4, 0.5) is 0 Å². The predicted octanol–water partition coefficient (Wildman–Crippen LogP) is 6.50. The molecule has 29 heavy (non-hydrogen) atoms. The number of halogens is 4. The molecule has 3 aromatic rings. The number of benzene rings is 3. The van der Waals surface area contributed by atoms with Gasteiger partial charge in [0.25, 0.3) is 0 Å². The maximum Gasteiger partial charge on any atom is 0.335 e. The van der Waals surface area contributed by atoms with Crippen molar-refractivity contribution in [3.8, 4) is 23.0 Å². The van der Waals surface area contributed by atoms with Crippen LogP contribution in [0.25, 0.3) is 0 Å². The minimum absolute atomic E-state index is 0.114. The van der Waals surface area contributed by atoms with Gasteiger partial charge in [0.1, 0.15) is 23.0 Å². The van der Waals surface area contributed by atoms with Crippen LogP contribution in [0, 0.1) is 14.3 Å². The summed E-state index contributed by atoms with van der Waals surface area (Å²) >= 11 is 8.17. The Morgan fingerprint density at radius 1 is 0.828 bits per heavy atom. The Balaban J connectivity index is 2.13. The molecule has 9 heteroatoms. The molecule has 0 radical (unpaired) electrons. The number of carboxylic acids is 1. The third kappa shape index (κ3) is 3.58. The lowest BCUT2D eigenvalue weighted by Crippen LogP contribution is -2.17. The van der Waals surface area contributed by atoms with Crippen LogP contribution in [0.2, 0.25) is 0 Å². The summed E-state index contributed by atoms with van der Waals surface area (Å²) in [5.41, 5.74) is 2.37. The number of aromatic carboxylic acids is 1. The number of phenolic OH excluding ortho intramolecular Hbond substituents is 2. The molecular weight excluding hydrogens is 828 g/mol. The number of phenols is 2. The summed E-state index contributed by atoms with van der Waals surface area (Å²) in [5.74, 6) is -0.265. The molecule has 1 aliphatic rings. The molecule has 148 valence electrons. The maximum absolute atomic E-state index is 11.9. The van der Waals surface area contributed by atoms with Gasteiger partial charge in [0, 0.05) is 17.0 Å². The molecule has 4 rings (SSSR count). The van der Waals surface area contributed by atoms with Crippen molar-refractivity contribution in [2.24, 2.45) is 0 Å². The minimum Gasteiger partial charge on any atom is -0.506 e. The van der Waals surface area contributed by atoms with Crippen molar-refractivity contribution >= 4 is 96.3 Å². The second-order valence-electron chi connectivity index (χ2n) is 6.31. The molecule has 0 saturated carbocycles. The van der Waals surface area contributed by atoms with Crippen LogP contribution in [0.3, 0.4) is 0 Å². The van der Waals surface area contributed by atoms with Crippen LogP contribution >= 0.6 is 90.4 Å². The van der Waals surface area contributed by atoms with Gasteiger partial charge in [0.05, 0.1) is 19.8 Å². The Morgan fingerprint density at radius 2 is 1.31 bits per heavy atom. The van der Waals surface area contributed by atoms with Crippen molar-refractivity contribution < 1.29 is 24.9 Å². The van der Waals surface area contributed by atoms with Crippen molar-refractivity contribution in [3.05, 3.63) is 72.9 Å². The first-order valence-electron chi connectivity index (χ1n) is 8.14. The van der Waals surface area contributed by atoms with E-state index in [1.807, 2.05) is 63.4 Å². The second kappa shape index (κ2) is 8.18. The highest BCUT2D eigenvalue weighted by Gasteiger charge is 2.36. The van der Waals surface area contributed by atoms with E-state index in [9.17, 15) is 20.1 Å². The fourth-order valence-corrected chi connectivity index (χ4v) is 7.07. The smallest absolute Gasteiger partial charge is 0.335 e. The van der Waals surface area contributed by atoms with E-state index in [1.54, 1.807) is 18.2 Å². The molecule has 0 saturated heterocycles. The highest BCUT2D eigenvalue weighted by molar-refractivity contribution is 14.1. The Hall–Kier alpha value is -0.550. The number of carbonyl (C=O) groups is 1. The van der Waals surface area contributed by atoms with E-state index in [1.165, 1.54) is 0 Å². The van der Waals surface area contributed by atoms with E-state index in [4.69, 9.17) is 4.74 Å². The zero-order chi connectivity index (χ0) is 21.0. The zero-order valence-electron chi connectivity index (χ0n) is 14.2. The lowest BCUT2D eigenvalue weighted by Gasteiger charge is -2.31. The predicted molar refractivity (Wildman–Crippen MR) is 142 cm³/mol. The van der Waals surface area contributed by atoms with Gasteiger partial charge < -0.3 is 20.1 Å². The van der Waals surface area contributed by atoms with Crippen molar-refractivity contribution in [2.45, 2.75) is 5.92 Å². The van der Waals surface area contributed by atoms with Gasteiger partial charge in [-0.05, 0) is 114 Å². The van der Waals surface area contributed by atoms with Gasteiger partial charge in [0.2, 0.25) is 0 Å². The molecule has 0 aromatic heterocycles. The largest absolute Gasteiger partial charge is 0.506 e. The summed E-state index contributed by atoms with van der Waals surface area (Å²) in [4.78, 5) is 11.9. The number of hydrogen-bond acceptors (Lipinski definition) is 4. The molecule has 0 fully saturated rings. The molecule has 0 spiro atoms. The zero-order valence-corrected chi connectivity index (χ0v) is 22.8. The molecule has 3 aromatic carbocycles. The average molecular weight is 838 g/mol. The Morgan fingerprint density at radius 3 is 1.79 bits per heavy atom. The van der Waals surface area contributed by atoms with Crippen LogP contribution in [0.5, 0.6) is 23.0 Å². The summed E-state index contributed by atoms with van der Waals surface area (Å²) in [6.45, 7) is 0. The molecule has 5 nitrogen and oxygen atoms in total. The molecule has 0 unspecified atom stereocenters. The highest BCUT2D eigenvalue weighted by atomic mass is 127. The lowest BCUT2D eigenvalue weighted by atomic mass is 9.80. The number of carboxylic acid groups (broad SMARTS) is 1. The van der Waals surface area contributed by atoms with E-state index < -0.39 is 11.9 Å². The lowest BCUT2D eigenvalue weighted by molar-refractivity contribution is 0.0695. The Labute approximate surface area is 220 Å². The summed E-state index contributed by atoms with van der Waals surface area (Å²) < 4.78 is 8.56. The Bertz CT molecular complexity index is 1130. The first kappa shape index (κ1) is 21.7. The molecule has 0 atom stereocenters. The topological polar surface area (TPSA) is 87.0 Å². The standard InChI is InChI=1S/C20H10I4O5/c21-11-5-9-13(7-3-1-2-4-8(7)20(27)28)10-6-12(22)17(26)15(24)19(10)29-18(9)14(23)16(11)25/h1-6,13,25-26H,(H,27,28). The van der Waals surface area contributed by atoms with E-state index >= 15 is 0 Å². The fraction of sp³-hybridized carbons (Fsp3) is 0.0500. The maximum atomic E-state index is 11.9. The first-order chi connectivity index (χ1) is 13.7. The summed E-state index contributed by atoms with van der Waals surface area (Å²) in [7, 11) is 0. The number of rotatable bonds is 2. The fourth-order valence-electron chi connectivity index (χ4n) is 3.40. The van der Waals surface area contributed by atoms with Gasteiger partial charge in [-0.3, -0.25) is 0 Å². The van der Waals surface area contributed by atoms with Gasteiger partial charge in [-0.2, -0.15) is 0 Å². The van der Waals surface area contributed by atoms with Crippen molar-refractivity contribution in [1.29, 1.82) is 0 Å². The molecule has 1 heterocycles. The van der Waals surface area contributed by atoms with Crippen LogP contribution in [-0.2, 0) is 0 Å². The van der Waals surface area contributed by atoms with E-state index in [-0.39, 0.29) is 17.1 Å². The monoisotopic (exact) mass is 838 g/mol. The van der Waals surface area contributed by atoms with E-state index in [0.29, 0.717) is 31.3 Å². The normalized spacial score (nSPS) is 12.8. The summed E-state index contributed by atoms with van der Waals surface area (Å²) in [6.07, 6.45) is 0. The summed E-state index contributed by atoms with van der Waals surface area (Å²) in [5, 5.41) is 30.7. The van der Waals surface area contributed by atoms with Gasteiger partial charge in [-0.1, -0.05) is 18.2 Å². The Kier molecular flexibility index (Phi) is 6.11. The van der Waals surface area contributed by atoms with Crippen molar-refractivity contribution in [1.82, 2.24) is 0 Å². The SMILES string of the molecule is O=C(O)c1ccccc1C1c2cc(I)c(O)c(I)c2Oc2c1cc(I)c(O)c2I. The highest BCUT2D eigenvalue weighted by Crippen LogP contribution is 2.54. The number of ether oxygens (including phenoxy) is 1. The average Bonchev–Trinajstić information content (AvgIpc) is 2.69. The molecule has 0 bridgehead atoms. The van der Waals surface area contributed by atoms with Crippen molar-refractivity contribution in [3.63, 3.8) is 0 Å². The van der Waals surface area contributed by atoms with Crippen LogP contribution in [-0.4, -0.2) is 21.3 Å². The summed E-state index contributed by atoms with van der Waals surface area (Å²) in [6, 6.07) is 10.5. The van der Waals surface area contributed by atoms with Crippen LogP contribution < -0.4 is 4.74 Å². The number of hydrogen-bond donors (Lipinski definition) is 3. The van der Waals surface area contributed by atoms with Crippen LogP contribution in [0.1, 0.15) is 33.0 Å². The quantitative estimate of drug-likeness (QED) is 0.201. The van der Waals surface area contributed by atoms with Gasteiger partial charge in [-0.25, -0.2) is 4.79 Å². The molecular formula is C20H10I4O5. The van der Waals surface area contributed by atoms with Gasteiger partial charge >= 0.3 is 5.97 Å². The first-order valence-corrected chi connectivity index (χ1v) is 12.5. The van der Waals surface area contributed by atoms with Gasteiger partial charge in [-0.15, -0.1) is 0 Å². The third-order valence-electron chi connectivity index (χ3n) is 4.68. The number of aromatic hydroxyl groups is 2. The molecule has 1 aliphatic heterocycles. The molecule has 0 aliphatic carbocycles. The second-order valence-corrected chi connectivity index (χ2v) is 10.8. The minimum atomic E-state index is -1.01. The molecule has 0 amide bonds. The van der Waals surface area contributed by atoms with Crippen LogP contribution in [0.15, 0.2) is 36.4 Å². The van der Waals surface area contributed by atoms with Crippen molar-refractivity contribution in [2.75, 3.05) is 0 Å². The van der Waals surface area contributed by atoms with E-state index in [0.717, 1.165) is 11.1 Å². The van der Waals surface area contributed by atoms with Gasteiger partial charge in [0.15, 0.2) is 0 Å². The number of fused-ring (bicyclic) bond motifs is 2. The third-order valence-corrected chi connectivity index (χ3v) is 8.33. The molecule has 3 N–H and O–H groups in total. The van der Waals surface area contributed by atoms with E-state index in [2.05, 4.69) is 45.2 Å².